The molecule has 26 heavy (non-hydrogen) atoms. The van der Waals surface area contributed by atoms with Crippen LogP contribution in [0.2, 0.25) is 0 Å². The summed E-state index contributed by atoms with van der Waals surface area (Å²) < 4.78 is 0. The van der Waals surface area contributed by atoms with E-state index in [1.165, 1.54) is 32.1 Å². The van der Waals surface area contributed by atoms with Crippen molar-refractivity contribution in [3.8, 4) is 0 Å². The van der Waals surface area contributed by atoms with Gasteiger partial charge in [0.2, 0.25) is 0 Å². The molecule has 2 aliphatic rings. The van der Waals surface area contributed by atoms with Crippen molar-refractivity contribution < 1.29 is 14.7 Å². The molecule has 0 saturated heterocycles. The average Bonchev–Trinajstić information content (AvgIpc) is 3.39. The summed E-state index contributed by atoms with van der Waals surface area (Å²) in [6.45, 7) is 1.69. The third-order valence-corrected chi connectivity index (χ3v) is 5.53. The molecule has 5 heteroatoms. The van der Waals surface area contributed by atoms with Crippen LogP contribution in [0, 0.1) is 11.8 Å². The Labute approximate surface area is 155 Å². The highest BCUT2D eigenvalue weighted by Gasteiger charge is 2.30. The van der Waals surface area contributed by atoms with E-state index in [4.69, 9.17) is 5.11 Å². The number of aliphatic carboxylic acids is 1. The van der Waals surface area contributed by atoms with Crippen LogP contribution < -0.4 is 5.32 Å². The van der Waals surface area contributed by atoms with Gasteiger partial charge in [-0.3, -0.25) is 4.79 Å². The SMILES string of the molecule is O=C(O)CCC(Cc1ccccc1)NC(=O)N(CC1CCC1)CC1CC1. The molecule has 2 saturated carbocycles. The summed E-state index contributed by atoms with van der Waals surface area (Å²) in [4.78, 5) is 25.9. The minimum atomic E-state index is -0.818. The van der Waals surface area contributed by atoms with Crippen LogP contribution in [-0.2, 0) is 11.2 Å². The molecule has 1 atom stereocenters. The standard InChI is InChI=1S/C21H30N2O3/c24-20(25)12-11-19(13-16-5-2-1-3-6-16)22-21(26)23(15-18-9-10-18)14-17-7-4-8-17/h1-3,5-6,17-19H,4,7-15H2,(H,22,26)(H,24,25). The first-order chi connectivity index (χ1) is 12.6. The summed E-state index contributed by atoms with van der Waals surface area (Å²) >= 11 is 0. The number of carboxylic acids is 1. The van der Waals surface area contributed by atoms with E-state index in [-0.39, 0.29) is 18.5 Å². The zero-order chi connectivity index (χ0) is 18.4. The van der Waals surface area contributed by atoms with E-state index in [1.807, 2.05) is 35.2 Å². The van der Waals surface area contributed by atoms with Gasteiger partial charge in [0.25, 0.3) is 0 Å². The van der Waals surface area contributed by atoms with Gasteiger partial charge < -0.3 is 15.3 Å². The number of rotatable bonds is 10. The number of nitrogens with one attached hydrogen (secondary N) is 1. The number of hydrogen-bond acceptors (Lipinski definition) is 2. The number of carbonyl (C=O) groups excluding carboxylic acids is 1. The minimum Gasteiger partial charge on any atom is -0.481 e. The second-order valence-electron chi connectivity index (χ2n) is 7.91. The number of amides is 2. The smallest absolute Gasteiger partial charge is 0.317 e. The Morgan fingerprint density at radius 1 is 1.08 bits per heavy atom. The van der Waals surface area contributed by atoms with Crippen LogP contribution in [-0.4, -0.2) is 41.1 Å². The van der Waals surface area contributed by atoms with Gasteiger partial charge in [-0.25, -0.2) is 4.79 Å². The molecule has 2 aliphatic carbocycles. The predicted molar refractivity (Wildman–Crippen MR) is 101 cm³/mol. The predicted octanol–water partition coefficient (Wildman–Crippen LogP) is 3.68. The van der Waals surface area contributed by atoms with E-state index >= 15 is 0 Å². The Balaban J connectivity index is 1.59. The molecule has 1 unspecified atom stereocenters. The molecule has 0 heterocycles. The summed E-state index contributed by atoms with van der Waals surface area (Å²) in [5.74, 6) is 0.486. The molecule has 5 nitrogen and oxygen atoms in total. The lowest BCUT2D eigenvalue weighted by Crippen LogP contribution is -2.48. The van der Waals surface area contributed by atoms with Crippen LogP contribution in [0.4, 0.5) is 4.79 Å². The topological polar surface area (TPSA) is 69.6 Å². The summed E-state index contributed by atoms with van der Waals surface area (Å²) in [5.41, 5.74) is 1.12. The summed E-state index contributed by atoms with van der Waals surface area (Å²) in [6, 6.07) is 9.79. The lowest BCUT2D eigenvalue weighted by Gasteiger charge is -2.33. The van der Waals surface area contributed by atoms with Crippen LogP contribution >= 0.6 is 0 Å². The quantitative estimate of drug-likeness (QED) is 0.670. The van der Waals surface area contributed by atoms with Crippen LogP contribution in [0.3, 0.4) is 0 Å². The molecule has 0 aromatic heterocycles. The number of carboxylic acid groups (broad SMARTS) is 1. The van der Waals surface area contributed by atoms with Crippen molar-refractivity contribution in [3.63, 3.8) is 0 Å². The molecule has 0 radical (unpaired) electrons. The highest BCUT2D eigenvalue weighted by molar-refractivity contribution is 5.75. The van der Waals surface area contributed by atoms with E-state index in [9.17, 15) is 9.59 Å². The first kappa shape index (κ1) is 18.7. The van der Waals surface area contributed by atoms with E-state index in [0.717, 1.165) is 18.7 Å². The lowest BCUT2D eigenvalue weighted by molar-refractivity contribution is -0.137. The van der Waals surface area contributed by atoms with Gasteiger partial charge in [0.15, 0.2) is 0 Å². The van der Waals surface area contributed by atoms with Gasteiger partial charge >= 0.3 is 12.0 Å². The van der Waals surface area contributed by atoms with Crippen molar-refractivity contribution >= 4 is 12.0 Å². The van der Waals surface area contributed by atoms with Crippen molar-refractivity contribution in [1.82, 2.24) is 10.2 Å². The third kappa shape index (κ3) is 6.04. The van der Waals surface area contributed by atoms with E-state index in [2.05, 4.69) is 5.32 Å². The maximum atomic E-state index is 12.9. The molecule has 1 aromatic rings. The van der Waals surface area contributed by atoms with Crippen molar-refractivity contribution in [3.05, 3.63) is 35.9 Å². The fourth-order valence-corrected chi connectivity index (χ4v) is 3.53. The Morgan fingerprint density at radius 2 is 1.73 bits per heavy atom. The fraction of sp³-hybridized carbons (Fsp3) is 0.619. The van der Waals surface area contributed by atoms with Crippen molar-refractivity contribution in [2.75, 3.05) is 13.1 Å². The van der Waals surface area contributed by atoms with Gasteiger partial charge in [0.1, 0.15) is 0 Å². The molecular weight excluding hydrogens is 328 g/mol. The van der Waals surface area contributed by atoms with Gasteiger partial charge in [0, 0.05) is 25.6 Å². The molecule has 0 bridgehead atoms. The molecule has 1 aromatic carbocycles. The van der Waals surface area contributed by atoms with Crippen LogP contribution in [0.15, 0.2) is 30.3 Å². The van der Waals surface area contributed by atoms with Gasteiger partial charge in [-0.1, -0.05) is 36.8 Å². The van der Waals surface area contributed by atoms with Crippen molar-refractivity contribution in [2.24, 2.45) is 11.8 Å². The Hall–Kier alpha value is -2.04. The number of carbonyl (C=O) groups is 2. The Morgan fingerprint density at radius 3 is 2.27 bits per heavy atom. The third-order valence-electron chi connectivity index (χ3n) is 5.53. The molecule has 2 N–H and O–H groups in total. The molecule has 2 amide bonds. The number of benzene rings is 1. The number of urea groups is 1. The lowest BCUT2D eigenvalue weighted by atomic mass is 9.85. The Kier molecular flexibility index (Phi) is 6.53. The van der Waals surface area contributed by atoms with E-state index in [0.29, 0.717) is 24.7 Å². The van der Waals surface area contributed by atoms with Crippen molar-refractivity contribution in [2.45, 2.75) is 57.4 Å². The van der Waals surface area contributed by atoms with Crippen LogP contribution in [0.5, 0.6) is 0 Å². The van der Waals surface area contributed by atoms with E-state index in [1.54, 1.807) is 0 Å². The summed E-state index contributed by atoms with van der Waals surface area (Å²) in [5, 5.41) is 12.2. The first-order valence-corrected chi connectivity index (χ1v) is 9.91. The number of hydrogen-bond donors (Lipinski definition) is 2. The highest BCUT2D eigenvalue weighted by atomic mass is 16.4. The zero-order valence-corrected chi connectivity index (χ0v) is 15.4. The zero-order valence-electron chi connectivity index (χ0n) is 15.4. The van der Waals surface area contributed by atoms with Crippen LogP contribution in [0.25, 0.3) is 0 Å². The largest absolute Gasteiger partial charge is 0.481 e. The second kappa shape index (κ2) is 9.06. The van der Waals surface area contributed by atoms with Crippen LogP contribution in [0.1, 0.15) is 50.5 Å². The molecule has 0 spiro atoms. The minimum absolute atomic E-state index is 0.0184. The fourth-order valence-electron chi connectivity index (χ4n) is 3.53. The van der Waals surface area contributed by atoms with Crippen molar-refractivity contribution in [1.29, 1.82) is 0 Å². The van der Waals surface area contributed by atoms with Gasteiger partial charge in [-0.2, -0.15) is 0 Å². The average molecular weight is 358 g/mol. The normalized spacial score (nSPS) is 18.0. The highest BCUT2D eigenvalue weighted by Crippen LogP contribution is 2.32. The maximum Gasteiger partial charge on any atom is 0.317 e. The molecule has 2 fully saturated rings. The molecule has 142 valence electrons. The summed E-state index contributed by atoms with van der Waals surface area (Å²) in [7, 11) is 0. The monoisotopic (exact) mass is 358 g/mol. The second-order valence-corrected chi connectivity index (χ2v) is 7.91. The molecular formula is C21H30N2O3. The van der Waals surface area contributed by atoms with Gasteiger partial charge in [-0.05, 0) is 55.9 Å². The summed E-state index contributed by atoms with van der Waals surface area (Å²) in [6.07, 6.45) is 7.36. The Bertz CT molecular complexity index is 597. The molecule has 0 aliphatic heterocycles. The molecule has 3 rings (SSSR count). The van der Waals surface area contributed by atoms with E-state index < -0.39 is 5.97 Å². The number of nitrogens with zero attached hydrogens (tertiary/aromatic N) is 1. The van der Waals surface area contributed by atoms with Gasteiger partial charge in [0.05, 0.1) is 0 Å². The van der Waals surface area contributed by atoms with Gasteiger partial charge in [-0.15, -0.1) is 0 Å². The maximum absolute atomic E-state index is 12.9. The first-order valence-electron chi connectivity index (χ1n) is 9.91.